The van der Waals surface area contributed by atoms with Gasteiger partial charge in [-0.1, -0.05) is 18.2 Å². The molecule has 26 heavy (non-hydrogen) atoms. The predicted molar refractivity (Wildman–Crippen MR) is 97.9 cm³/mol. The second-order valence-corrected chi connectivity index (χ2v) is 5.81. The summed E-state index contributed by atoms with van der Waals surface area (Å²) in [7, 11) is 0. The molecule has 8 heteroatoms. The Kier molecular flexibility index (Phi) is 6.13. The molecule has 0 aliphatic carbocycles. The second kappa shape index (κ2) is 8.72. The van der Waals surface area contributed by atoms with Gasteiger partial charge in [0, 0.05) is 17.1 Å². The smallest absolute Gasteiger partial charge is 0.249 e. The van der Waals surface area contributed by atoms with Crippen LogP contribution in [0.15, 0.2) is 35.1 Å². The number of fused-ring (bicyclic) bond motifs is 1. The molecule has 0 spiro atoms. The van der Waals surface area contributed by atoms with Crippen LogP contribution >= 0.6 is 0 Å². The number of hydrogen-bond acceptors (Lipinski definition) is 7. The van der Waals surface area contributed by atoms with E-state index in [0.717, 1.165) is 5.39 Å². The minimum atomic E-state index is -1.82. The Balaban J connectivity index is 2.42. The zero-order valence-electron chi connectivity index (χ0n) is 15.1. The summed E-state index contributed by atoms with van der Waals surface area (Å²) in [5.74, 6) is 0. The first-order chi connectivity index (χ1) is 12.8. The quantitative estimate of drug-likeness (QED) is 0.351. The zero-order chi connectivity index (χ0) is 20.1. The number of benzene rings is 1. The number of aliphatic hydroxyl groups excluding tert-OH is 4. The normalized spacial score (nSPS) is 16.9. The summed E-state index contributed by atoms with van der Waals surface area (Å²) in [6.45, 7) is 1.00. The Morgan fingerprint density at radius 1 is 1.27 bits per heavy atom. The van der Waals surface area contributed by atoms with Crippen molar-refractivity contribution < 1.29 is 26.6 Å². The number of pyridine rings is 1. The molecule has 0 radical (unpaired) electrons. The third-order valence-corrected chi connectivity index (χ3v) is 3.92. The van der Waals surface area contributed by atoms with Crippen molar-refractivity contribution in [3.8, 4) is 0 Å². The fourth-order valence-corrected chi connectivity index (χ4v) is 2.57. The molecule has 2 rings (SSSR count). The van der Waals surface area contributed by atoms with Crippen molar-refractivity contribution in [1.82, 2.24) is 4.98 Å². The Morgan fingerprint density at radius 3 is 2.62 bits per heavy atom. The first kappa shape index (κ1) is 18.3. The largest absolute Gasteiger partial charge is 0.394 e. The number of rotatable bonds is 8. The van der Waals surface area contributed by atoms with Gasteiger partial charge in [-0.3, -0.25) is 4.79 Å². The van der Waals surface area contributed by atoms with Crippen LogP contribution < -0.4 is 10.9 Å². The fraction of sp³-hybridized carbons (Fsp3) is 0.333. The molecule has 4 atom stereocenters. The highest BCUT2D eigenvalue weighted by Gasteiger charge is 2.31. The molecule has 0 saturated heterocycles. The number of aromatic amines is 1. The molecule has 0 fully saturated rings. The molecule has 1 aromatic carbocycles. The van der Waals surface area contributed by atoms with Crippen LogP contribution in [0.1, 0.15) is 12.5 Å². The van der Waals surface area contributed by atoms with Crippen LogP contribution in [-0.2, 0) is 4.79 Å². The molecule has 140 valence electrons. The van der Waals surface area contributed by atoms with Gasteiger partial charge < -0.3 is 35.5 Å². The fourth-order valence-electron chi connectivity index (χ4n) is 2.57. The number of hydrogen-bond donors (Lipinski definition) is 6. The van der Waals surface area contributed by atoms with Gasteiger partial charge in [0.25, 0.3) is 0 Å². The van der Waals surface area contributed by atoms with Gasteiger partial charge in [0.2, 0.25) is 5.56 Å². The van der Waals surface area contributed by atoms with E-state index in [1.54, 1.807) is 18.2 Å². The van der Waals surface area contributed by atoms with Crippen LogP contribution in [0.4, 0.5) is 5.69 Å². The van der Waals surface area contributed by atoms with Gasteiger partial charge in [0.1, 0.15) is 30.6 Å². The monoisotopic (exact) mass is 363 g/mol. The summed E-state index contributed by atoms with van der Waals surface area (Å²) in [4.78, 5) is 25.9. The van der Waals surface area contributed by atoms with Crippen LogP contribution in [-0.4, -0.2) is 62.7 Å². The van der Waals surface area contributed by atoms with Crippen LogP contribution in [0.5, 0.6) is 0 Å². The van der Waals surface area contributed by atoms with Crippen molar-refractivity contribution in [1.29, 1.82) is 0 Å². The number of aromatic nitrogens is 1. The lowest BCUT2D eigenvalue weighted by Crippen LogP contribution is -2.49. The van der Waals surface area contributed by atoms with E-state index in [-0.39, 0.29) is 17.5 Å². The lowest BCUT2D eigenvalue weighted by molar-refractivity contribution is -0.117. The van der Waals surface area contributed by atoms with Gasteiger partial charge >= 0.3 is 0 Å². The summed E-state index contributed by atoms with van der Waals surface area (Å²) < 4.78 is 8.14. The topological polar surface area (TPSA) is 143 Å². The number of H-pyrrole nitrogens is 1. The van der Waals surface area contributed by atoms with Crippen molar-refractivity contribution in [3.63, 3.8) is 0 Å². The third kappa shape index (κ3) is 4.36. The van der Waals surface area contributed by atoms with Crippen molar-refractivity contribution in [2.24, 2.45) is 0 Å². The van der Waals surface area contributed by atoms with E-state index in [4.69, 9.17) is 6.52 Å². The maximum absolute atomic E-state index is 11.8. The predicted octanol–water partition coefficient (Wildman–Crippen LogP) is -0.384. The lowest BCUT2D eigenvalue weighted by Gasteiger charge is -2.26. The SMILES string of the molecule is [2H]N(c1ccc2c(C=CC)cc(=O)[nH]c2c1)[C@@H](C=O)[C@@H](O)[C@H](O)[C@H](O)CO. The van der Waals surface area contributed by atoms with Gasteiger partial charge in [0.15, 0.2) is 1.41 Å². The third-order valence-electron chi connectivity index (χ3n) is 3.92. The second-order valence-electron chi connectivity index (χ2n) is 5.81. The minimum Gasteiger partial charge on any atom is -0.394 e. The molecule has 0 unspecified atom stereocenters. The summed E-state index contributed by atoms with van der Waals surface area (Å²) in [6.07, 6.45) is -1.49. The Bertz CT molecular complexity index is 884. The average Bonchev–Trinajstić information content (AvgIpc) is 2.66. The Labute approximate surface area is 150 Å². The van der Waals surface area contributed by atoms with Crippen LogP contribution in [0.25, 0.3) is 17.0 Å². The first-order valence-electron chi connectivity index (χ1n) is 8.47. The maximum Gasteiger partial charge on any atom is 0.249 e. The van der Waals surface area contributed by atoms with E-state index in [1.807, 2.05) is 6.92 Å². The van der Waals surface area contributed by atoms with Crippen molar-refractivity contribution in [2.75, 3.05) is 11.9 Å². The van der Waals surface area contributed by atoms with Gasteiger partial charge in [-0.05, 0) is 24.6 Å². The standard InChI is InChI=1S/C18H22N2O6/c1-2-3-10-6-16(24)20-13-7-11(4-5-12(10)13)19-14(8-21)17(25)18(26)15(23)9-22/h2-8,14-15,17-19,22-23,25-26H,9H2,1H3,(H,20,24)/t14-,15+,17+,18+/m0/s1/i/hD. The van der Waals surface area contributed by atoms with Gasteiger partial charge in [-0.15, -0.1) is 0 Å². The molecule has 1 heterocycles. The lowest BCUT2D eigenvalue weighted by atomic mass is 10.0. The summed E-state index contributed by atoms with van der Waals surface area (Å²) in [6, 6.07) is 4.58. The molecule has 1 aromatic heterocycles. The molecular formula is C18H22N2O6. The number of aldehydes is 1. The van der Waals surface area contributed by atoms with E-state index < -0.39 is 31.0 Å². The summed E-state index contributed by atoms with van der Waals surface area (Å²) >= 11 is 0. The van der Waals surface area contributed by atoms with E-state index in [1.165, 1.54) is 18.2 Å². The molecule has 6 N–H and O–H groups in total. The van der Waals surface area contributed by atoms with Crippen molar-refractivity contribution in [3.05, 3.63) is 46.3 Å². The highest BCUT2D eigenvalue weighted by Crippen LogP contribution is 2.21. The first-order valence-corrected chi connectivity index (χ1v) is 8.02. The van der Waals surface area contributed by atoms with Crippen LogP contribution in [0, 0.1) is 0 Å². The summed E-state index contributed by atoms with van der Waals surface area (Å²) in [5.41, 5.74) is 0.962. The van der Waals surface area contributed by atoms with Crippen LogP contribution in [0.3, 0.4) is 0 Å². The number of aliphatic hydroxyl groups is 4. The van der Waals surface area contributed by atoms with Gasteiger partial charge in [0.05, 0.1) is 12.1 Å². The van der Waals surface area contributed by atoms with Crippen LogP contribution in [0.2, 0.25) is 1.41 Å². The molecule has 0 aliphatic heterocycles. The Morgan fingerprint density at radius 2 is 2.00 bits per heavy atom. The van der Waals surface area contributed by atoms with Gasteiger partial charge in [-0.25, -0.2) is 0 Å². The molecule has 8 nitrogen and oxygen atoms in total. The molecule has 0 amide bonds. The zero-order valence-corrected chi connectivity index (χ0v) is 14.1. The average molecular weight is 363 g/mol. The highest BCUT2D eigenvalue weighted by atomic mass is 16.4. The number of nitrogens with one attached hydrogen (secondary N) is 2. The number of anilines is 1. The molecule has 0 saturated carbocycles. The van der Waals surface area contributed by atoms with E-state index in [2.05, 4.69) is 4.98 Å². The van der Waals surface area contributed by atoms with E-state index in [0.29, 0.717) is 16.4 Å². The molecule has 2 aromatic rings. The molecule has 0 bridgehead atoms. The van der Waals surface area contributed by atoms with E-state index >= 15 is 0 Å². The number of carbonyl (C=O) groups excluding carboxylic acids is 1. The molecular weight excluding hydrogens is 340 g/mol. The number of allylic oxidation sites excluding steroid dienone is 1. The van der Waals surface area contributed by atoms with Gasteiger partial charge in [-0.2, -0.15) is 0 Å². The highest BCUT2D eigenvalue weighted by molar-refractivity contribution is 5.90. The van der Waals surface area contributed by atoms with E-state index in [9.17, 15) is 24.9 Å². The van der Waals surface area contributed by atoms with Crippen molar-refractivity contribution in [2.45, 2.75) is 31.3 Å². The molecule has 0 aliphatic rings. The number of carbonyl (C=O) groups is 1. The minimum absolute atomic E-state index is 0.178. The Hall–Kier alpha value is -2.52. The summed E-state index contributed by atoms with van der Waals surface area (Å²) in [5, 5.41) is 39.6. The maximum atomic E-state index is 11.8. The van der Waals surface area contributed by atoms with Crippen molar-refractivity contribution >= 4 is 29.0 Å².